The summed E-state index contributed by atoms with van der Waals surface area (Å²) in [6, 6.07) is 11.9. The van der Waals surface area contributed by atoms with Gasteiger partial charge in [-0.15, -0.1) is 0 Å². The molecule has 0 amide bonds. The van der Waals surface area contributed by atoms with E-state index in [1.807, 2.05) is 48.2 Å². The maximum atomic E-state index is 11.1. The summed E-state index contributed by atoms with van der Waals surface area (Å²) < 4.78 is 0.724. The lowest BCUT2D eigenvalue weighted by molar-refractivity contribution is -0.0509. The molecule has 1 fully saturated rings. The third-order valence-corrected chi connectivity index (χ3v) is 5.23. The lowest BCUT2D eigenvalue weighted by Gasteiger charge is -2.34. The second-order valence-corrected chi connectivity index (χ2v) is 6.79. The van der Waals surface area contributed by atoms with Crippen LogP contribution in [0.15, 0.2) is 48.8 Å². The highest BCUT2D eigenvalue weighted by atomic mass is 32.2. The van der Waals surface area contributed by atoms with Crippen molar-refractivity contribution in [1.82, 2.24) is 9.88 Å². The number of aliphatic hydroxyl groups is 1. The van der Waals surface area contributed by atoms with Gasteiger partial charge in [0.15, 0.2) is 5.72 Å². The first kappa shape index (κ1) is 14.5. The van der Waals surface area contributed by atoms with Crippen LogP contribution in [-0.2, 0) is 12.3 Å². The molecule has 2 aromatic rings. The van der Waals surface area contributed by atoms with Crippen molar-refractivity contribution in [3.8, 4) is 0 Å². The molecule has 0 saturated carbocycles. The highest BCUT2D eigenvalue weighted by molar-refractivity contribution is 8.23. The van der Waals surface area contributed by atoms with E-state index >= 15 is 0 Å². The number of hydrogen-bond acceptors (Lipinski definition) is 4. The number of pyridine rings is 1. The van der Waals surface area contributed by atoms with Gasteiger partial charge in [-0.1, -0.05) is 59.9 Å². The average Bonchev–Trinajstić information content (AvgIpc) is 2.78. The van der Waals surface area contributed by atoms with Crippen molar-refractivity contribution in [2.45, 2.75) is 19.2 Å². The number of benzene rings is 1. The first-order valence-corrected chi connectivity index (χ1v) is 8.12. The smallest absolute Gasteiger partial charge is 0.175 e. The molecular weight excluding hydrogens is 300 g/mol. The normalized spacial score (nSPS) is 21.8. The van der Waals surface area contributed by atoms with Gasteiger partial charge in [0, 0.05) is 24.5 Å². The van der Waals surface area contributed by atoms with Gasteiger partial charge in [0.2, 0.25) is 0 Å². The van der Waals surface area contributed by atoms with E-state index in [0.29, 0.717) is 12.3 Å². The highest BCUT2D eigenvalue weighted by Gasteiger charge is 2.43. The minimum absolute atomic E-state index is 0.551. The van der Waals surface area contributed by atoms with Crippen LogP contribution < -0.4 is 0 Å². The van der Waals surface area contributed by atoms with Gasteiger partial charge in [-0.3, -0.25) is 4.98 Å². The number of aromatic nitrogens is 1. The molecule has 0 bridgehead atoms. The minimum Gasteiger partial charge on any atom is -0.366 e. The summed E-state index contributed by atoms with van der Waals surface area (Å²) >= 11 is 6.94. The Balaban J connectivity index is 1.93. The Morgan fingerprint density at radius 1 is 1.33 bits per heavy atom. The molecule has 0 radical (unpaired) electrons. The molecule has 1 unspecified atom stereocenters. The maximum absolute atomic E-state index is 11.1. The van der Waals surface area contributed by atoms with Crippen molar-refractivity contribution in [2.75, 3.05) is 5.75 Å². The number of rotatable bonds is 3. The van der Waals surface area contributed by atoms with Crippen LogP contribution in [0.1, 0.15) is 16.7 Å². The standard InChI is InChI=1S/C16H16N2OS2/c1-12-4-6-14(7-5-12)16(19)11-21-15(20)18(16)10-13-3-2-8-17-9-13/h2-9,19H,10-11H2,1H3. The summed E-state index contributed by atoms with van der Waals surface area (Å²) in [6.45, 7) is 2.60. The summed E-state index contributed by atoms with van der Waals surface area (Å²) in [5, 5.41) is 11.1. The van der Waals surface area contributed by atoms with E-state index < -0.39 is 5.72 Å². The number of thiocarbonyl (C=S) groups is 1. The van der Waals surface area contributed by atoms with Crippen LogP contribution in [0.25, 0.3) is 0 Å². The Bertz CT molecular complexity index is 645. The van der Waals surface area contributed by atoms with Gasteiger partial charge in [0.05, 0.1) is 5.75 Å². The molecule has 1 aliphatic heterocycles. The van der Waals surface area contributed by atoms with Crippen molar-refractivity contribution < 1.29 is 5.11 Å². The fourth-order valence-electron chi connectivity index (χ4n) is 2.40. The Kier molecular flexibility index (Phi) is 3.97. The van der Waals surface area contributed by atoms with Crippen molar-refractivity contribution >= 4 is 28.3 Å². The second-order valence-electron chi connectivity index (χ2n) is 5.18. The molecule has 1 atom stereocenters. The van der Waals surface area contributed by atoms with E-state index in [2.05, 4.69) is 4.98 Å². The Hall–Kier alpha value is -1.43. The van der Waals surface area contributed by atoms with Gasteiger partial charge in [0.25, 0.3) is 0 Å². The third-order valence-electron chi connectivity index (χ3n) is 3.64. The topological polar surface area (TPSA) is 36.4 Å². The van der Waals surface area contributed by atoms with Crippen molar-refractivity contribution in [1.29, 1.82) is 0 Å². The van der Waals surface area contributed by atoms with Crippen LogP contribution in [0, 0.1) is 6.92 Å². The lowest BCUT2D eigenvalue weighted by Crippen LogP contribution is -2.44. The van der Waals surface area contributed by atoms with E-state index in [1.54, 1.807) is 12.4 Å². The van der Waals surface area contributed by atoms with Crippen molar-refractivity contribution in [2.24, 2.45) is 0 Å². The summed E-state index contributed by atoms with van der Waals surface area (Å²) in [5.41, 5.74) is 2.04. The first-order valence-electron chi connectivity index (χ1n) is 6.72. The van der Waals surface area contributed by atoms with E-state index in [4.69, 9.17) is 12.2 Å². The number of nitrogens with zero attached hydrogens (tertiary/aromatic N) is 2. The van der Waals surface area contributed by atoms with Crippen molar-refractivity contribution in [3.63, 3.8) is 0 Å². The van der Waals surface area contributed by atoms with Gasteiger partial charge in [-0.05, 0) is 18.6 Å². The van der Waals surface area contributed by atoms with E-state index in [0.717, 1.165) is 15.4 Å². The predicted octanol–water partition coefficient (Wildman–Crippen LogP) is 3.07. The number of thioether (sulfide) groups is 1. The largest absolute Gasteiger partial charge is 0.366 e. The zero-order valence-electron chi connectivity index (χ0n) is 11.7. The van der Waals surface area contributed by atoms with Gasteiger partial charge < -0.3 is 10.0 Å². The summed E-state index contributed by atoms with van der Waals surface area (Å²) in [7, 11) is 0. The Morgan fingerprint density at radius 3 is 2.76 bits per heavy atom. The highest BCUT2D eigenvalue weighted by Crippen LogP contribution is 2.40. The molecule has 1 saturated heterocycles. The van der Waals surface area contributed by atoms with Gasteiger partial charge in [-0.25, -0.2) is 0 Å². The Labute approximate surface area is 134 Å². The Morgan fingerprint density at radius 2 is 2.10 bits per heavy atom. The quantitative estimate of drug-likeness (QED) is 0.881. The molecular formula is C16H16N2OS2. The van der Waals surface area contributed by atoms with Crippen LogP contribution >= 0.6 is 24.0 Å². The fraction of sp³-hybridized carbons (Fsp3) is 0.250. The summed E-state index contributed by atoms with van der Waals surface area (Å²) in [5.74, 6) is 0.551. The molecule has 1 N–H and O–H groups in total. The molecule has 0 spiro atoms. The molecule has 0 aliphatic carbocycles. The molecule has 2 heterocycles. The molecule has 5 heteroatoms. The van der Waals surface area contributed by atoms with Crippen LogP contribution in [-0.4, -0.2) is 25.1 Å². The zero-order chi connectivity index (χ0) is 14.9. The maximum Gasteiger partial charge on any atom is 0.175 e. The predicted molar refractivity (Wildman–Crippen MR) is 89.9 cm³/mol. The van der Waals surface area contributed by atoms with E-state index in [1.165, 1.54) is 17.3 Å². The SMILES string of the molecule is Cc1ccc(C2(O)CSC(=S)N2Cc2cccnc2)cc1. The molecule has 3 nitrogen and oxygen atoms in total. The van der Waals surface area contributed by atoms with E-state index in [9.17, 15) is 5.11 Å². The van der Waals surface area contributed by atoms with E-state index in [-0.39, 0.29) is 0 Å². The molecule has 1 aliphatic rings. The fourth-order valence-corrected chi connectivity index (χ4v) is 3.81. The van der Waals surface area contributed by atoms with Crippen LogP contribution in [0.2, 0.25) is 0 Å². The van der Waals surface area contributed by atoms with Crippen LogP contribution in [0.3, 0.4) is 0 Å². The molecule has 1 aromatic heterocycles. The monoisotopic (exact) mass is 316 g/mol. The summed E-state index contributed by atoms with van der Waals surface area (Å²) in [6.07, 6.45) is 3.55. The van der Waals surface area contributed by atoms with Gasteiger partial charge in [0.1, 0.15) is 4.32 Å². The molecule has 1 aromatic carbocycles. The van der Waals surface area contributed by atoms with Crippen LogP contribution in [0.4, 0.5) is 0 Å². The lowest BCUT2D eigenvalue weighted by atomic mass is 10.0. The second kappa shape index (κ2) is 5.75. The number of aryl methyl sites for hydroxylation is 1. The minimum atomic E-state index is -1.05. The zero-order valence-corrected chi connectivity index (χ0v) is 13.3. The number of hydrogen-bond donors (Lipinski definition) is 1. The molecule has 21 heavy (non-hydrogen) atoms. The third kappa shape index (κ3) is 2.81. The summed E-state index contributed by atoms with van der Waals surface area (Å²) in [4.78, 5) is 6.01. The van der Waals surface area contributed by atoms with Gasteiger partial charge in [-0.2, -0.15) is 0 Å². The molecule has 108 valence electrons. The van der Waals surface area contributed by atoms with Gasteiger partial charge >= 0.3 is 0 Å². The first-order chi connectivity index (χ1) is 10.1. The average molecular weight is 316 g/mol. The molecule has 3 rings (SSSR count). The van der Waals surface area contributed by atoms with Crippen molar-refractivity contribution in [3.05, 3.63) is 65.5 Å². The van der Waals surface area contributed by atoms with Crippen LogP contribution in [0.5, 0.6) is 0 Å².